The molecule has 4 nitrogen and oxygen atoms in total. The minimum absolute atomic E-state index is 0.0774. The van der Waals surface area contributed by atoms with E-state index in [9.17, 15) is 0 Å². The van der Waals surface area contributed by atoms with Gasteiger partial charge in [-0.1, -0.05) is 42.1 Å². The second-order valence-corrected chi connectivity index (χ2v) is 4.69. The first-order valence-corrected chi connectivity index (χ1v) is 6.46. The number of nitrogens with one attached hydrogen (secondary N) is 1. The van der Waals surface area contributed by atoms with Gasteiger partial charge in [-0.05, 0) is 24.6 Å². The van der Waals surface area contributed by atoms with Gasteiger partial charge < -0.3 is 9.84 Å². The summed E-state index contributed by atoms with van der Waals surface area (Å²) in [6, 6.07) is 10.1. The first-order chi connectivity index (χ1) is 9.74. The lowest BCUT2D eigenvalue weighted by Gasteiger charge is -2.07. The van der Waals surface area contributed by atoms with Gasteiger partial charge in [0, 0.05) is 17.5 Å². The standard InChI is InChI=1S/C16H15N3O/c1-11-8-9-14(10-17-11)15-18-16(20-19-15)12(2)13-6-4-3-5-7-13/h3-10,12,17H,1H2,2H3. The van der Waals surface area contributed by atoms with Gasteiger partial charge in [0.1, 0.15) is 0 Å². The SMILES string of the molecule is C=C1C=CC(c2noc(C(C)c3ccccc3)n2)=CN1. The third-order valence-electron chi connectivity index (χ3n) is 3.25. The van der Waals surface area contributed by atoms with Gasteiger partial charge in [-0.2, -0.15) is 4.98 Å². The van der Waals surface area contributed by atoms with Crippen LogP contribution in [0.5, 0.6) is 0 Å². The molecule has 20 heavy (non-hydrogen) atoms. The maximum atomic E-state index is 5.37. The van der Waals surface area contributed by atoms with Gasteiger partial charge in [-0.25, -0.2) is 0 Å². The monoisotopic (exact) mass is 265 g/mol. The Labute approximate surface area is 117 Å². The predicted octanol–water partition coefficient (Wildman–Crippen LogP) is 3.24. The molecular formula is C16H15N3O. The summed E-state index contributed by atoms with van der Waals surface area (Å²) < 4.78 is 5.37. The molecule has 4 heteroatoms. The van der Waals surface area contributed by atoms with Crippen molar-refractivity contribution in [3.05, 3.63) is 78.2 Å². The van der Waals surface area contributed by atoms with Crippen LogP contribution in [0.1, 0.15) is 30.1 Å². The molecule has 0 saturated carbocycles. The van der Waals surface area contributed by atoms with E-state index in [2.05, 4.69) is 41.1 Å². The van der Waals surface area contributed by atoms with Crippen molar-refractivity contribution in [1.29, 1.82) is 0 Å². The molecule has 1 aromatic carbocycles. The van der Waals surface area contributed by atoms with Crippen LogP contribution in [0.3, 0.4) is 0 Å². The molecule has 3 rings (SSSR count). The van der Waals surface area contributed by atoms with Gasteiger partial charge >= 0.3 is 0 Å². The number of aromatic nitrogens is 2. The molecule has 100 valence electrons. The summed E-state index contributed by atoms with van der Waals surface area (Å²) in [6.45, 7) is 5.86. The van der Waals surface area contributed by atoms with Crippen LogP contribution in [0.2, 0.25) is 0 Å². The zero-order valence-corrected chi connectivity index (χ0v) is 11.2. The molecular weight excluding hydrogens is 250 g/mol. The van der Waals surface area contributed by atoms with E-state index in [1.165, 1.54) is 0 Å². The van der Waals surface area contributed by atoms with E-state index < -0.39 is 0 Å². The molecule has 0 saturated heterocycles. The summed E-state index contributed by atoms with van der Waals surface area (Å²) in [5.74, 6) is 1.28. The van der Waals surface area contributed by atoms with Crippen LogP contribution < -0.4 is 5.32 Å². The van der Waals surface area contributed by atoms with Crippen molar-refractivity contribution in [1.82, 2.24) is 15.5 Å². The lowest BCUT2D eigenvalue weighted by atomic mass is 10.0. The highest BCUT2D eigenvalue weighted by Gasteiger charge is 2.17. The molecule has 1 aromatic heterocycles. The average molecular weight is 265 g/mol. The highest BCUT2D eigenvalue weighted by atomic mass is 16.5. The van der Waals surface area contributed by atoms with Crippen molar-refractivity contribution in [2.75, 3.05) is 0 Å². The first kappa shape index (κ1) is 12.4. The summed E-state index contributed by atoms with van der Waals surface area (Å²) in [4.78, 5) is 4.47. The molecule has 1 unspecified atom stereocenters. The Hall–Kier alpha value is -2.62. The number of hydrogen-bond donors (Lipinski definition) is 1. The van der Waals surface area contributed by atoms with E-state index in [1.807, 2.05) is 36.6 Å². The van der Waals surface area contributed by atoms with Crippen LogP contribution in [-0.2, 0) is 0 Å². The second-order valence-electron chi connectivity index (χ2n) is 4.69. The zero-order valence-electron chi connectivity index (χ0n) is 11.2. The van der Waals surface area contributed by atoms with Gasteiger partial charge in [0.25, 0.3) is 0 Å². The van der Waals surface area contributed by atoms with Crippen LogP contribution >= 0.6 is 0 Å². The van der Waals surface area contributed by atoms with Gasteiger partial charge in [0.05, 0.1) is 5.92 Å². The highest BCUT2D eigenvalue weighted by molar-refractivity contribution is 5.71. The molecule has 0 radical (unpaired) electrons. The molecule has 1 aliphatic heterocycles. The van der Waals surface area contributed by atoms with Crippen molar-refractivity contribution in [3.8, 4) is 0 Å². The Balaban J connectivity index is 1.84. The van der Waals surface area contributed by atoms with E-state index in [4.69, 9.17) is 4.52 Å². The van der Waals surface area contributed by atoms with Gasteiger partial charge in [0.15, 0.2) is 0 Å². The van der Waals surface area contributed by atoms with E-state index in [1.54, 1.807) is 0 Å². The van der Waals surface area contributed by atoms with E-state index in [0.717, 1.165) is 16.8 Å². The van der Waals surface area contributed by atoms with Crippen molar-refractivity contribution < 1.29 is 4.52 Å². The molecule has 0 fully saturated rings. The Bertz CT molecular complexity index is 683. The van der Waals surface area contributed by atoms with Gasteiger partial charge in [-0.3, -0.25) is 0 Å². The van der Waals surface area contributed by atoms with Crippen molar-refractivity contribution in [2.24, 2.45) is 0 Å². The summed E-state index contributed by atoms with van der Waals surface area (Å²) in [6.07, 6.45) is 5.62. The molecule has 0 aliphatic carbocycles. The minimum atomic E-state index is 0.0774. The van der Waals surface area contributed by atoms with E-state index >= 15 is 0 Å². The molecule has 2 heterocycles. The maximum Gasteiger partial charge on any atom is 0.234 e. The lowest BCUT2D eigenvalue weighted by Crippen LogP contribution is -2.06. The molecule has 1 atom stereocenters. The highest BCUT2D eigenvalue weighted by Crippen LogP contribution is 2.24. The summed E-state index contributed by atoms with van der Waals surface area (Å²) in [5.41, 5.74) is 2.88. The minimum Gasteiger partial charge on any atom is -0.361 e. The molecule has 0 bridgehead atoms. The third kappa shape index (κ3) is 2.40. The number of dihydropyridines is 1. The van der Waals surface area contributed by atoms with Crippen molar-refractivity contribution >= 4 is 5.57 Å². The number of nitrogens with zero attached hydrogens (tertiary/aromatic N) is 2. The Morgan fingerprint density at radius 1 is 1.20 bits per heavy atom. The van der Waals surface area contributed by atoms with E-state index in [-0.39, 0.29) is 5.92 Å². The van der Waals surface area contributed by atoms with Gasteiger partial charge in [-0.15, -0.1) is 0 Å². The largest absolute Gasteiger partial charge is 0.361 e. The Morgan fingerprint density at radius 2 is 2.00 bits per heavy atom. The summed E-state index contributed by atoms with van der Waals surface area (Å²) >= 11 is 0. The van der Waals surface area contributed by atoms with Crippen LogP contribution in [0.4, 0.5) is 0 Å². The van der Waals surface area contributed by atoms with Crippen LogP contribution in [0, 0.1) is 0 Å². The first-order valence-electron chi connectivity index (χ1n) is 6.46. The van der Waals surface area contributed by atoms with Crippen LogP contribution in [0.15, 0.2) is 65.5 Å². The predicted molar refractivity (Wildman–Crippen MR) is 77.6 cm³/mol. The zero-order chi connectivity index (χ0) is 13.9. The number of rotatable bonds is 3. The number of hydrogen-bond acceptors (Lipinski definition) is 4. The fourth-order valence-corrected chi connectivity index (χ4v) is 2.01. The molecule has 0 amide bonds. The van der Waals surface area contributed by atoms with Gasteiger partial charge in [0.2, 0.25) is 11.7 Å². The summed E-state index contributed by atoms with van der Waals surface area (Å²) in [7, 11) is 0. The molecule has 1 N–H and O–H groups in total. The lowest BCUT2D eigenvalue weighted by molar-refractivity contribution is 0.368. The fraction of sp³-hybridized carbons (Fsp3) is 0.125. The van der Waals surface area contributed by atoms with Crippen molar-refractivity contribution in [3.63, 3.8) is 0 Å². The third-order valence-corrected chi connectivity index (χ3v) is 3.25. The average Bonchev–Trinajstić information content (AvgIpc) is 2.98. The fourth-order valence-electron chi connectivity index (χ4n) is 2.01. The number of benzene rings is 1. The molecule has 1 aliphatic rings. The normalized spacial score (nSPS) is 15.7. The van der Waals surface area contributed by atoms with Crippen LogP contribution in [-0.4, -0.2) is 10.1 Å². The topological polar surface area (TPSA) is 51.0 Å². The number of allylic oxidation sites excluding steroid dienone is 3. The smallest absolute Gasteiger partial charge is 0.234 e. The van der Waals surface area contributed by atoms with E-state index in [0.29, 0.717) is 11.7 Å². The Morgan fingerprint density at radius 3 is 2.70 bits per heavy atom. The molecule has 2 aromatic rings. The molecule has 0 spiro atoms. The maximum absolute atomic E-state index is 5.37. The second kappa shape index (κ2) is 5.17. The van der Waals surface area contributed by atoms with Crippen LogP contribution in [0.25, 0.3) is 5.57 Å². The Kier molecular flexibility index (Phi) is 3.21. The quantitative estimate of drug-likeness (QED) is 0.925. The van der Waals surface area contributed by atoms with Crippen molar-refractivity contribution in [2.45, 2.75) is 12.8 Å². The summed E-state index contributed by atoms with van der Waals surface area (Å²) in [5, 5.41) is 7.07.